The van der Waals surface area contributed by atoms with Gasteiger partial charge in [0.1, 0.15) is 28.8 Å². The molecule has 42 heavy (non-hydrogen) atoms. The van der Waals surface area contributed by atoms with Crippen LogP contribution in [0.15, 0.2) is 60.0 Å². The highest BCUT2D eigenvalue weighted by molar-refractivity contribution is 9.10. The minimum atomic E-state index is -0.655. The Morgan fingerprint density at radius 3 is 2.62 bits per heavy atom. The fourth-order valence-corrected chi connectivity index (χ4v) is 5.37. The highest BCUT2D eigenvalue weighted by Crippen LogP contribution is 2.28. The zero-order chi connectivity index (χ0) is 30.0. The number of hydrogen-bond donors (Lipinski definition) is 2. The molecular weight excluding hydrogens is 600 g/mol. The number of rotatable bonds is 8. The van der Waals surface area contributed by atoms with Gasteiger partial charge in [-0.25, -0.2) is 15.0 Å². The minimum Gasteiger partial charge on any atom is -0.347 e. The number of aryl methyl sites for hydroxylation is 2. The molecule has 11 nitrogen and oxygen atoms in total. The van der Waals surface area contributed by atoms with Crippen molar-refractivity contribution in [2.75, 3.05) is 18.4 Å². The molecule has 1 saturated heterocycles. The first-order valence-electron chi connectivity index (χ1n) is 13.6. The number of halogens is 1. The molecule has 0 bridgehead atoms. The van der Waals surface area contributed by atoms with Gasteiger partial charge in [-0.15, -0.1) is 6.58 Å². The lowest BCUT2D eigenvalue weighted by atomic mass is 10.1. The van der Waals surface area contributed by atoms with Gasteiger partial charge in [-0.3, -0.25) is 19.1 Å². The number of carbonyl (C=O) groups excluding carboxylic acids is 3. The maximum Gasteiger partial charge on any atom is 0.272 e. The Balaban J connectivity index is 1.44. The Morgan fingerprint density at radius 1 is 1.12 bits per heavy atom. The van der Waals surface area contributed by atoms with E-state index in [4.69, 9.17) is 0 Å². The summed E-state index contributed by atoms with van der Waals surface area (Å²) in [6.45, 7) is 9.91. The van der Waals surface area contributed by atoms with E-state index in [-0.39, 0.29) is 42.4 Å². The molecule has 1 aliphatic rings. The molecule has 3 aromatic heterocycles. The second kappa shape index (κ2) is 12.2. The fraction of sp³-hybridized carbons (Fsp3) is 0.300. The standard InChI is InChI=1S/C30H31BrN8O3/c1-5-10-32-30(42)27-22-12-20(21-13-33-19(4)34-14-21)7-8-23(22)39(37-27)16-26(40)38-15-17(2)11-24(38)29(41)36-28-18(3)6-9-25(31)35-28/h5-9,12-14,17,24H,1,10-11,15-16H2,2-4H3,(H,32,42)(H,35,36,41). The maximum absolute atomic E-state index is 13.7. The number of fused-ring (bicyclic) bond motifs is 1. The van der Waals surface area contributed by atoms with E-state index in [1.165, 1.54) is 4.68 Å². The van der Waals surface area contributed by atoms with Crippen molar-refractivity contribution in [2.24, 2.45) is 5.92 Å². The summed E-state index contributed by atoms with van der Waals surface area (Å²) in [7, 11) is 0. The van der Waals surface area contributed by atoms with Crippen molar-refractivity contribution in [3.63, 3.8) is 0 Å². The Labute approximate surface area is 251 Å². The first-order valence-corrected chi connectivity index (χ1v) is 14.4. The number of likely N-dealkylation sites (tertiary alicyclic amines) is 1. The van der Waals surface area contributed by atoms with Crippen molar-refractivity contribution in [2.45, 2.75) is 39.8 Å². The average Bonchev–Trinajstić information content (AvgIpc) is 3.54. The molecule has 12 heteroatoms. The second-order valence-corrected chi connectivity index (χ2v) is 11.3. The summed E-state index contributed by atoms with van der Waals surface area (Å²) in [5, 5.41) is 10.8. The van der Waals surface area contributed by atoms with Crippen LogP contribution in [0.1, 0.15) is 35.2 Å². The number of nitrogens with one attached hydrogen (secondary N) is 2. The third kappa shape index (κ3) is 6.08. The molecule has 5 rings (SSSR count). The van der Waals surface area contributed by atoms with Crippen molar-refractivity contribution in [1.82, 2.24) is 34.9 Å². The van der Waals surface area contributed by atoms with Crippen LogP contribution in [0.5, 0.6) is 0 Å². The molecule has 0 radical (unpaired) electrons. The third-order valence-corrected chi connectivity index (χ3v) is 7.65. The molecule has 1 aliphatic heterocycles. The van der Waals surface area contributed by atoms with Crippen molar-refractivity contribution < 1.29 is 14.4 Å². The summed E-state index contributed by atoms with van der Waals surface area (Å²) >= 11 is 3.34. The first-order chi connectivity index (χ1) is 20.1. The third-order valence-electron chi connectivity index (χ3n) is 7.21. The van der Waals surface area contributed by atoms with Gasteiger partial charge in [0.2, 0.25) is 11.8 Å². The largest absolute Gasteiger partial charge is 0.347 e. The van der Waals surface area contributed by atoms with E-state index in [2.05, 4.69) is 53.2 Å². The Hall–Kier alpha value is -4.45. The summed E-state index contributed by atoms with van der Waals surface area (Å²) in [6.07, 6.45) is 5.56. The van der Waals surface area contributed by atoms with E-state index < -0.39 is 6.04 Å². The van der Waals surface area contributed by atoms with Gasteiger partial charge in [0.05, 0.1) is 5.52 Å². The van der Waals surface area contributed by atoms with Crippen molar-refractivity contribution in [3.05, 3.63) is 77.1 Å². The van der Waals surface area contributed by atoms with Gasteiger partial charge in [0, 0.05) is 36.4 Å². The molecule has 2 unspecified atom stereocenters. The van der Waals surface area contributed by atoms with Crippen LogP contribution in [0.4, 0.5) is 5.82 Å². The van der Waals surface area contributed by atoms with Crippen LogP contribution in [0.3, 0.4) is 0 Å². The monoisotopic (exact) mass is 630 g/mol. The van der Waals surface area contributed by atoms with Crippen LogP contribution in [-0.2, 0) is 16.1 Å². The van der Waals surface area contributed by atoms with Gasteiger partial charge >= 0.3 is 0 Å². The summed E-state index contributed by atoms with van der Waals surface area (Å²) in [4.78, 5) is 54.6. The number of anilines is 1. The summed E-state index contributed by atoms with van der Waals surface area (Å²) in [5.74, 6) is 0.298. The van der Waals surface area contributed by atoms with Gasteiger partial charge < -0.3 is 15.5 Å². The van der Waals surface area contributed by atoms with E-state index in [1.807, 2.05) is 45.0 Å². The highest BCUT2D eigenvalue weighted by atomic mass is 79.9. The Kier molecular flexibility index (Phi) is 8.44. The Morgan fingerprint density at radius 2 is 1.88 bits per heavy atom. The lowest BCUT2D eigenvalue weighted by molar-refractivity contribution is -0.137. The number of benzene rings is 1. The first kappa shape index (κ1) is 29.1. The van der Waals surface area contributed by atoms with E-state index in [0.29, 0.717) is 40.1 Å². The summed E-state index contributed by atoms with van der Waals surface area (Å²) < 4.78 is 2.13. The molecule has 216 valence electrons. The molecule has 4 heterocycles. The summed E-state index contributed by atoms with van der Waals surface area (Å²) in [5.41, 5.74) is 3.23. The summed E-state index contributed by atoms with van der Waals surface area (Å²) in [6, 6.07) is 8.56. The molecule has 0 saturated carbocycles. The van der Waals surface area contributed by atoms with Gasteiger partial charge in [0.15, 0.2) is 5.69 Å². The van der Waals surface area contributed by atoms with Crippen molar-refractivity contribution >= 4 is 50.4 Å². The van der Waals surface area contributed by atoms with E-state index in [1.54, 1.807) is 29.4 Å². The van der Waals surface area contributed by atoms with Crippen LogP contribution in [-0.4, -0.2) is 66.5 Å². The Bertz CT molecular complexity index is 1680. The van der Waals surface area contributed by atoms with Crippen LogP contribution in [0, 0.1) is 19.8 Å². The maximum atomic E-state index is 13.7. The minimum absolute atomic E-state index is 0.134. The van der Waals surface area contributed by atoms with E-state index >= 15 is 0 Å². The molecule has 1 fully saturated rings. The molecule has 0 spiro atoms. The number of carbonyl (C=O) groups is 3. The molecular formula is C30H31BrN8O3. The predicted octanol–water partition coefficient (Wildman–Crippen LogP) is 4.06. The van der Waals surface area contributed by atoms with Crippen molar-refractivity contribution in [1.29, 1.82) is 0 Å². The molecule has 4 aromatic rings. The predicted molar refractivity (Wildman–Crippen MR) is 163 cm³/mol. The van der Waals surface area contributed by atoms with Crippen LogP contribution >= 0.6 is 15.9 Å². The van der Waals surface area contributed by atoms with Gasteiger partial charge in [-0.1, -0.05) is 25.1 Å². The zero-order valence-electron chi connectivity index (χ0n) is 23.6. The lowest BCUT2D eigenvalue weighted by Gasteiger charge is -2.24. The SMILES string of the molecule is C=CCNC(=O)c1nn(CC(=O)N2CC(C)CC2C(=O)Nc2nc(Br)ccc2C)c2ccc(-c3cnc(C)nc3)cc12. The van der Waals surface area contributed by atoms with Crippen molar-refractivity contribution in [3.8, 4) is 11.1 Å². The van der Waals surface area contributed by atoms with Crippen LogP contribution < -0.4 is 10.6 Å². The van der Waals surface area contributed by atoms with Gasteiger partial charge in [-0.05, 0) is 71.4 Å². The topological polar surface area (TPSA) is 135 Å². The van der Waals surface area contributed by atoms with E-state index in [9.17, 15) is 14.4 Å². The number of pyridine rings is 1. The molecule has 2 N–H and O–H groups in total. The lowest BCUT2D eigenvalue weighted by Crippen LogP contribution is -2.44. The number of amides is 3. The average molecular weight is 632 g/mol. The molecule has 2 atom stereocenters. The smallest absolute Gasteiger partial charge is 0.272 e. The fourth-order valence-electron chi connectivity index (χ4n) is 5.06. The highest BCUT2D eigenvalue weighted by Gasteiger charge is 2.38. The van der Waals surface area contributed by atoms with E-state index in [0.717, 1.165) is 16.7 Å². The molecule has 1 aromatic carbocycles. The second-order valence-electron chi connectivity index (χ2n) is 10.4. The molecule has 3 amide bonds. The van der Waals surface area contributed by atoms with Gasteiger partial charge in [-0.2, -0.15) is 5.10 Å². The zero-order valence-corrected chi connectivity index (χ0v) is 25.2. The van der Waals surface area contributed by atoms with Crippen LogP contribution in [0.25, 0.3) is 22.0 Å². The number of hydrogen-bond acceptors (Lipinski definition) is 7. The van der Waals surface area contributed by atoms with Crippen LogP contribution in [0.2, 0.25) is 0 Å². The van der Waals surface area contributed by atoms with Gasteiger partial charge in [0.25, 0.3) is 5.91 Å². The molecule has 0 aliphatic carbocycles. The quantitative estimate of drug-likeness (QED) is 0.221. The number of aromatic nitrogens is 5. The number of nitrogens with zero attached hydrogens (tertiary/aromatic N) is 6. The normalized spacial score (nSPS) is 16.4.